The molecule has 0 saturated carbocycles. The van der Waals surface area contributed by atoms with Gasteiger partial charge in [0.15, 0.2) is 0 Å². The van der Waals surface area contributed by atoms with E-state index in [2.05, 4.69) is 17.2 Å². The molecule has 0 fully saturated rings. The Hall–Kier alpha value is -1.71. The lowest BCUT2D eigenvalue weighted by Crippen LogP contribution is -2.28. The molecule has 0 aliphatic heterocycles. The predicted molar refractivity (Wildman–Crippen MR) is 45.9 cm³/mol. The molecule has 1 heterocycles. The van der Waals surface area contributed by atoms with Gasteiger partial charge < -0.3 is 9.73 Å². The number of hydrogen-bond donors (Lipinski definition) is 2. The van der Waals surface area contributed by atoms with E-state index >= 15 is 0 Å². The summed E-state index contributed by atoms with van der Waals surface area (Å²) in [6.07, 6.45) is 3.09. The van der Waals surface area contributed by atoms with E-state index in [0.717, 1.165) is 0 Å². The summed E-state index contributed by atoms with van der Waals surface area (Å²) in [7, 11) is 0. The number of furan rings is 1. The van der Waals surface area contributed by atoms with Crippen molar-refractivity contribution in [3.63, 3.8) is 0 Å². The minimum atomic E-state index is -0.301. The van der Waals surface area contributed by atoms with E-state index in [0.29, 0.717) is 12.4 Å². The van der Waals surface area contributed by atoms with Gasteiger partial charge in [0.25, 0.3) is 0 Å². The zero-order chi connectivity index (χ0) is 8.81. The van der Waals surface area contributed by atoms with Gasteiger partial charge in [0, 0.05) is 12.6 Å². The first-order chi connectivity index (χ1) is 5.83. The molecular weight excluding hydrogens is 156 g/mol. The maximum Gasteiger partial charge on any atom is 0.321 e. The minimum absolute atomic E-state index is 0.301. The number of rotatable bonds is 3. The van der Waals surface area contributed by atoms with Gasteiger partial charge in [-0.3, -0.25) is 5.32 Å². The highest BCUT2D eigenvalue weighted by Gasteiger charge is 1.99. The number of carbonyl (C=O) groups excluding carboxylic acids is 1. The standard InChI is InChI=1S/C8H10N2O2/c1-2-5-9-8(11)10-7-4-3-6-12-7/h2-4,6H,1,5H2,(H2,9,10,11). The largest absolute Gasteiger partial charge is 0.449 e. The lowest BCUT2D eigenvalue weighted by atomic mass is 10.6. The van der Waals surface area contributed by atoms with Crippen LogP contribution in [0.3, 0.4) is 0 Å². The van der Waals surface area contributed by atoms with Crippen molar-refractivity contribution in [2.75, 3.05) is 11.9 Å². The first-order valence-corrected chi connectivity index (χ1v) is 3.52. The molecule has 4 heteroatoms. The zero-order valence-corrected chi connectivity index (χ0v) is 6.54. The quantitative estimate of drug-likeness (QED) is 0.670. The van der Waals surface area contributed by atoms with Crippen LogP contribution >= 0.6 is 0 Å². The molecule has 1 rings (SSSR count). The molecule has 0 aliphatic carbocycles. The molecular formula is C8H10N2O2. The number of carbonyl (C=O) groups is 1. The molecule has 0 radical (unpaired) electrons. The number of urea groups is 1. The topological polar surface area (TPSA) is 54.3 Å². The molecule has 2 amide bonds. The average molecular weight is 166 g/mol. The molecule has 2 N–H and O–H groups in total. The van der Waals surface area contributed by atoms with Gasteiger partial charge in [0.2, 0.25) is 5.88 Å². The van der Waals surface area contributed by atoms with Gasteiger partial charge in [-0.15, -0.1) is 6.58 Å². The van der Waals surface area contributed by atoms with E-state index < -0.39 is 0 Å². The number of anilines is 1. The van der Waals surface area contributed by atoms with Crippen molar-refractivity contribution in [3.8, 4) is 0 Å². The molecule has 0 saturated heterocycles. The molecule has 0 unspecified atom stereocenters. The van der Waals surface area contributed by atoms with Gasteiger partial charge in [-0.25, -0.2) is 4.79 Å². The van der Waals surface area contributed by atoms with Crippen LogP contribution in [0.4, 0.5) is 10.7 Å². The van der Waals surface area contributed by atoms with Crippen molar-refractivity contribution in [1.29, 1.82) is 0 Å². The highest BCUT2D eigenvalue weighted by atomic mass is 16.3. The molecule has 0 spiro atoms. The van der Waals surface area contributed by atoms with Crippen LogP contribution in [0, 0.1) is 0 Å². The summed E-state index contributed by atoms with van der Waals surface area (Å²) in [4.78, 5) is 10.9. The Bertz CT molecular complexity index is 254. The molecule has 0 aliphatic rings. The molecule has 0 bridgehead atoms. The molecule has 0 atom stereocenters. The zero-order valence-electron chi connectivity index (χ0n) is 6.54. The normalized spacial score (nSPS) is 9.00. The van der Waals surface area contributed by atoms with Gasteiger partial charge in [0.05, 0.1) is 6.26 Å². The Morgan fingerprint density at radius 3 is 3.17 bits per heavy atom. The summed E-state index contributed by atoms with van der Waals surface area (Å²) in [5, 5.41) is 5.03. The second kappa shape index (κ2) is 4.23. The van der Waals surface area contributed by atoms with Crippen LogP contribution in [0.2, 0.25) is 0 Å². The Morgan fingerprint density at radius 1 is 1.75 bits per heavy atom. The fraction of sp³-hybridized carbons (Fsp3) is 0.125. The van der Waals surface area contributed by atoms with Gasteiger partial charge in [-0.2, -0.15) is 0 Å². The van der Waals surface area contributed by atoms with Gasteiger partial charge in [-0.05, 0) is 6.07 Å². The molecule has 0 aromatic carbocycles. The summed E-state index contributed by atoms with van der Waals surface area (Å²) in [5.41, 5.74) is 0. The number of nitrogens with one attached hydrogen (secondary N) is 2. The van der Waals surface area contributed by atoms with Crippen LogP contribution in [-0.2, 0) is 0 Å². The minimum Gasteiger partial charge on any atom is -0.449 e. The second-order valence-corrected chi connectivity index (χ2v) is 2.10. The smallest absolute Gasteiger partial charge is 0.321 e. The van der Waals surface area contributed by atoms with Crippen LogP contribution < -0.4 is 10.6 Å². The maximum atomic E-state index is 10.9. The van der Waals surface area contributed by atoms with E-state index in [-0.39, 0.29) is 6.03 Å². The van der Waals surface area contributed by atoms with Crippen molar-refractivity contribution in [3.05, 3.63) is 31.1 Å². The maximum absolute atomic E-state index is 10.9. The summed E-state index contributed by atoms with van der Waals surface area (Å²) < 4.78 is 4.89. The third kappa shape index (κ3) is 2.49. The SMILES string of the molecule is C=CCNC(=O)Nc1ccco1. The first-order valence-electron chi connectivity index (χ1n) is 3.52. The van der Waals surface area contributed by atoms with Crippen LogP contribution in [0.1, 0.15) is 0 Å². The van der Waals surface area contributed by atoms with Crippen LogP contribution in [0.15, 0.2) is 35.5 Å². The van der Waals surface area contributed by atoms with Crippen LogP contribution in [0.5, 0.6) is 0 Å². The first kappa shape index (κ1) is 8.39. The monoisotopic (exact) mass is 166 g/mol. The van der Waals surface area contributed by atoms with E-state index in [1.807, 2.05) is 0 Å². The van der Waals surface area contributed by atoms with Crippen LogP contribution in [-0.4, -0.2) is 12.6 Å². The second-order valence-electron chi connectivity index (χ2n) is 2.10. The molecule has 1 aromatic heterocycles. The van der Waals surface area contributed by atoms with E-state index in [1.165, 1.54) is 6.26 Å². The third-order valence-electron chi connectivity index (χ3n) is 1.16. The molecule has 1 aromatic rings. The van der Waals surface area contributed by atoms with Crippen molar-refractivity contribution in [2.45, 2.75) is 0 Å². The highest BCUT2D eigenvalue weighted by molar-refractivity contribution is 5.87. The Labute approximate surface area is 70.3 Å². The highest BCUT2D eigenvalue weighted by Crippen LogP contribution is 2.05. The lowest BCUT2D eigenvalue weighted by molar-refractivity contribution is 0.252. The van der Waals surface area contributed by atoms with Crippen molar-refractivity contribution < 1.29 is 9.21 Å². The number of amides is 2. The summed E-state index contributed by atoms with van der Waals surface area (Å²) in [6, 6.07) is 3.06. The van der Waals surface area contributed by atoms with Gasteiger partial charge >= 0.3 is 6.03 Å². The average Bonchev–Trinajstić information content (AvgIpc) is 2.53. The van der Waals surface area contributed by atoms with Crippen LogP contribution in [0.25, 0.3) is 0 Å². The summed E-state index contributed by atoms with van der Waals surface area (Å²) >= 11 is 0. The summed E-state index contributed by atoms with van der Waals surface area (Å²) in [6.45, 7) is 3.90. The third-order valence-corrected chi connectivity index (χ3v) is 1.16. The van der Waals surface area contributed by atoms with Crippen molar-refractivity contribution in [1.82, 2.24) is 5.32 Å². The molecule has 4 nitrogen and oxygen atoms in total. The number of hydrogen-bond acceptors (Lipinski definition) is 2. The van der Waals surface area contributed by atoms with E-state index in [1.54, 1.807) is 18.2 Å². The van der Waals surface area contributed by atoms with E-state index in [4.69, 9.17) is 4.42 Å². The molecule has 12 heavy (non-hydrogen) atoms. The van der Waals surface area contributed by atoms with Crippen molar-refractivity contribution in [2.24, 2.45) is 0 Å². The Kier molecular flexibility index (Phi) is 2.95. The fourth-order valence-electron chi connectivity index (χ4n) is 0.671. The fourth-order valence-corrected chi connectivity index (χ4v) is 0.671. The van der Waals surface area contributed by atoms with Gasteiger partial charge in [0.1, 0.15) is 0 Å². The molecule has 64 valence electrons. The predicted octanol–water partition coefficient (Wildman–Crippen LogP) is 1.59. The van der Waals surface area contributed by atoms with Gasteiger partial charge in [-0.1, -0.05) is 6.08 Å². The Balaban J connectivity index is 2.32. The van der Waals surface area contributed by atoms with E-state index in [9.17, 15) is 4.79 Å². The lowest BCUT2D eigenvalue weighted by Gasteiger charge is -2.01. The summed E-state index contributed by atoms with van der Waals surface area (Å²) in [5.74, 6) is 0.427. The van der Waals surface area contributed by atoms with Crippen molar-refractivity contribution >= 4 is 11.9 Å². The Morgan fingerprint density at radius 2 is 2.58 bits per heavy atom.